The van der Waals surface area contributed by atoms with Crippen LogP contribution in [0.25, 0.3) is 0 Å². The first-order chi connectivity index (χ1) is 10.1. The predicted molar refractivity (Wildman–Crippen MR) is 73.9 cm³/mol. The van der Waals surface area contributed by atoms with Crippen LogP contribution in [0.1, 0.15) is 17.5 Å². The average Bonchev–Trinajstić information content (AvgIpc) is 2.51. The molecule has 1 atom stereocenters. The summed E-state index contributed by atoms with van der Waals surface area (Å²) in [7, 11) is 0. The Balaban J connectivity index is 2.07. The van der Waals surface area contributed by atoms with E-state index in [1.54, 1.807) is 6.07 Å². The highest BCUT2D eigenvalue weighted by Crippen LogP contribution is 2.41. The number of benzene rings is 2. The molecule has 2 aromatic rings. The molecule has 0 saturated carbocycles. The van der Waals surface area contributed by atoms with Crippen molar-refractivity contribution in [3.05, 3.63) is 65.2 Å². The normalized spacial score (nSPS) is 20.2. The molecule has 2 aromatic carbocycles. The maximum absolute atomic E-state index is 13.9. The van der Waals surface area contributed by atoms with Gasteiger partial charge in [0.25, 0.3) is 0 Å². The van der Waals surface area contributed by atoms with Crippen molar-refractivity contribution in [2.75, 3.05) is 6.61 Å². The van der Waals surface area contributed by atoms with Crippen molar-refractivity contribution in [1.82, 2.24) is 0 Å². The molecular weight excluding hydrogens is 272 g/mol. The zero-order chi connectivity index (χ0) is 14.9. The maximum atomic E-state index is 13.9. The number of ether oxygens (including phenoxy) is 1. The monoisotopic (exact) mass is 285 g/mol. The van der Waals surface area contributed by atoms with Crippen LogP contribution in [0.3, 0.4) is 0 Å². The van der Waals surface area contributed by atoms with Crippen LogP contribution in [0, 0.1) is 23.0 Å². The fourth-order valence-electron chi connectivity index (χ4n) is 2.80. The van der Waals surface area contributed by atoms with Gasteiger partial charge < -0.3 is 4.74 Å². The maximum Gasteiger partial charge on any atom is 0.126 e. The molecule has 1 aliphatic rings. The number of para-hydroxylation sites is 1. The number of hydrogen-bond acceptors (Lipinski definition) is 2. The SMILES string of the molecule is N#CC1(Cc2cc(F)ccc2F)CCOc2ccccc21. The van der Waals surface area contributed by atoms with Gasteiger partial charge in [0.15, 0.2) is 0 Å². The van der Waals surface area contributed by atoms with Gasteiger partial charge in [0.2, 0.25) is 0 Å². The summed E-state index contributed by atoms with van der Waals surface area (Å²) in [6, 6.07) is 12.9. The molecule has 0 N–H and O–H groups in total. The third kappa shape index (κ3) is 2.36. The molecule has 4 heteroatoms. The van der Waals surface area contributed by atoms with E-state index in [0.717, 1.165) is 23.8 Å². The van der Waals surface area contributed by atoms with Crippen molar-refractivity contribution in [2.24, 2.45) is 0 Å². The number of nitrogens with zero attached hydrogens (tertiary/aromatic N) is 1. The quantitative estimate of drug-likeness (QED) is 0.842. The summed E-state index contributed by atoms with van der Waals surface area (Å²) in [5.74, 6) is -0.350. The number of hydrogen-bond donors (Lipinski definition) is 0. The second-order valence-electron chi connectivity index (χ2n) is 5.20. The van der Waals surface area contributed by atoms with E-state index in [0.29, 0.717) is 18.8 Å². The third-order valence-electron chi connectivity index (χ3n) is 3.90. The van der Waals surface area contributed by atoms with Gasteiger partial charge in [-0.25, -0.2) is 8.78 Å². The summed E-state index contributed by atoms with van der Waals surface area (Å²) >= 11 is 0. The summed E-state index contributed by atoms with van der Waals surface area (Å²) < 4.78 is 32.8. The first-order valence-corrected chi connectivity index (χ1v) is 6.72. The van der Waals surface area contributed by atoms with Crippen molar-refractivity contribution in [3.8, 4) is 11.8 Å². The molecule has 0 aromatic heterocycles. The van der Waals surface area contributed by atoms with Crippen molar-refractivity contribution >= 4 is 0 Å². The first kappa shape index (κ1) is 13.6. The minimum absolute atomic E-state index is 0.132. The van der Waals surface area contributed by atoms with Crippen molar-refractivity contribution < 1.29 is 13.5 Å². The van der Waals surface area contributed by atoms with Gasteiger partial charge in [-0.15, -0.1) is 0 Å². The van der Waals surface area contributed by atoms with E-state index < -0.39 is 17.0 Å². The minimum atomic E-state index is -0.885. The van der Waals surface area contributed by atoms with Gasteiger partial charge in [0.1, 0.15) is 17.4 Å². The first-order valence-electron chi connectivity index (χ1n) is 6.72. The van der Waals surface area contributed by atoms with Gasteiger partial charge in [-0.1, -0.05) is 18.2 Å². The van der Waals surface area contributed by atoms with Crippen molar-refractivity contribution in [1.29, 1.82) is 5.26 Å². The van der Waals surface area contributed by atoms with E-state index >= 15 is 0 Å². The van der Waals surface area contributed by atoms with E-state index in [-0.39, 0.29) is 12.0 Å². The van der Waals surface area contributed by atoms with Crippen LogP contribution in [0.5, 0.6) is 5.75 Å². The van der Waals surface area contributed by atoms with Crippen LogP contribution in [0.2, 0.25) is 0 Å². The van der Waals surface area contributed by atoms with Crippen LogP contribution >= 0.6 is 0 Å². The molecule has 106 valence electrons. The molecule has 0 aliphatic carbocycles. The van der Waals surface area contributed by atoms with E-state index in [2.05, 4.69) is 6.07 Å². The van der Waals surface area contributed by atoms with Gasteiger partial charge in [-0.05, 0) is 36.2 Å². The van der Waals surface area contributed by atoms with Gasteiger partial charge >= 0.3 is 0 Å². The molecule has 2 nitrogen and oxygen atoms in total. The molecule has 0 spiro atoms. The molecule has 1 aliphatic heterocycles. The Labute approximate surface area is 121 Å². The van der Waals surface area contributed by atoms with Gasteiger partial charge in [-0.2, -0.15) is 5.26 Å². The summed E-state index contributed by atoms with van der Waals surface area (Å²) in [5, 5.41) is 9.69. The lowest BCUT2D eigenvalue weighted by molar-refractivity contribution is 0.240. The number of halogens is 2. The molecule has 1 unspecified atom stereocenters. The van der Waals surface area contributed by atoms with E-state index in [4.69, 9.17) is 4.74 Å². The van der Waals surface area contributed by atoms with Crippen molar-refractivity contribution in [3.63, 3.8) is 0 Å². The third-order valence-corrected chi connectivity index (χ3v) is 3.90. The fourth-order valence-corrected chi connectivity index (χ4v) is 2.80. The lowest BCUT2D eigenvalue weighted by atomic mass is 9.73. The Kier molecular flexibility index (Phi) is 3.34. The summed E-state index contributed by atoms with van der Waals surface area (Å²) in [6.45, 7) is 0.390. The number of fused-ring (bicyclic) bond motifs is 1. The highest BCUT2D eigenvalue weighted by atomic mass is 19.1. The minimum Gasteiger partial charge on any atom is -0.493 e. The summed E-state index contributed by atoms with van der Waals surface area (Å²) in [4.78, 5) is 0. The number of nitriles is 1. The predicted octanol–water partition coefficient (Wildman–Crippen LogP) is 3.75. The van der Waals surface area contributed by atoms with Gasteiger partial charge in [-0.3, -0.25) is 0 Å². The largest absolute Gasteiger partial charge is 0.493 e. The van der Waals surface area contributed by atoms with Gasteiger partial charge in [0.05, 0.1) is 18.1 Å². The molecule has 0 bridgehead atoms. The lowest BCUT2D eigenvalue weighted by Crippen LogP contribution is -2.34. The van der Waals surface area contributed by atoms with Crippen LogP contribution in [-0.2, 0) is 11.8 Å². The summed E-state index contributed by atoms with van der Waals surface area (Å²) in [6.07, 6.45) is 0.587. The highest BCUT2D eigenvalue weighted by Gasteiger charge is 2.38. The van der Waals surface area contributed by atoms with E-state index in [1.165, 1.54) is 0 Å². The fraction of sp³-hybridized carbons (Fsp3) is 0.235. The molecule has 0 radical (unpaired) electrons. The number of rotatable bonds is 2. The van der Waals surface area contributed by atoms with Gasteiger partial charge in [0, 0.05) is 12.0 Å². The van der Waals surface area contributed by atoms with Crippen LogP contribution in [-0.4, -0.2) is 6.61 Å². The van der Waals surface area contributed by atoms with E-state index in [1.807, 2.05) is 18.2 Å². The zero-order valence-electron chi connectivity index (χ0n) is 11.3. The molecular formula is C17H13F2NO. The zero-order valence-corrected chi connectivity index (χ0v) is 11.3. The highest BCUT2D eigenvalue weighted by molar-refractivity contribution is 5.47. The Hall–Kier alpha value is -2.41. The molecule has 0 amide bonds. The van der Waals surface area contributed by atoms with Crippen LogP contribution < -0.4 is 4.74 Å². The smallest absolute Gasteiger partial charge is 0.126 e. The standard InChI is InChI=1S/C17H13F2NO/c18-13-5-6-15(19)12(9-13)10-17(11-20)7-8-21-16-4-2-1-3-14(16)17/h1-6,9H,7-8,10H2. The molecule has 21 heavy (non-hydrogen) atoms. The lowest BCUT2D eigenvalue weighted by Gasteiger charge is -2.33. The molecule has 0 fully saturated rings. The van der Waals surface area contributed by atoms with Crippen LogP contribution in [0.4, 0.5) is 8.78 Å². The topological polar surface area (TPSA) is 33.0 Å². The summed E-state index contributed by atoms with van der Waals surface area (Å²) in [5.41, 5.74) is 0.0689. The Morgan fingerprint density at radius 3 is 2.81 bits per heavy atom. The second-order valence-corrected chi connectivity index (χ2v) is 5.20. The molecule has 3 rings (SSSR count). The van der Waals surface area contributed by atoms with Crippen LogP contribution in [0.15, 0.2) is 42.5 Å². The Morgan fingerprint density at radius 1 is 1.19 bits per heavy atom. The molecule has 0 saturated heterocycles. The van der Waals surface area contributed by atoms with E-state index in [9.17, 15) is 14.0 Å². The van der Waals surface area contributed by atoms with Crippen molar-refractivity contribution in [2.45, 2.75) is 18.3 Å². The molecule has 1 heterocycles. The second kappa shape index (κ2) is 5.17. The average molecular weight is 285 g/mol. The Bertz CT molecular complexity index is 723. The Morgan fingerprint density at radius 2 is 2.00 bits per heavy atom.